The molecule has 0 amide bonds. The molecule has 1 aromatic heterocycles. The predicted octanol–water partition coefficient (Wildman–Crippen LogP) is 3.24. The maximum Gasteiger partial charge on any atom is 0.451 e. The minimum atomic E-state index is -4.58. The zero-order valence-corrected chi connectivity index (χ0v) is 10.5. The summed E-state index contributed by atoms with van der Waals surface area (Å²) < 4.78 is 37.4. The normalized spacial score (nSPS) is 12.0. The van der Waals surface area contributed by atoms with Crippen LogP contribution < -0.4 is 4.90 Å². The van der Waals surface area contributed by atoms with Gasteiger partial charge in [-0.05, 0) is 5.92 Å². The van der Waals surface area contributed by atoms with Gasteiger partial charge in [0.05, 0.1) is 0 Å². The number of hydrogen-bond acceptors (Lipinski definition) is 3. The van der Waals surface area contributed by atoms with Crippen LogP contribution in [0.2, 0.25) is 5.15 Å². The smallest absolute Gasteiger partial charge is 0.359 e. The van der Waals surface area contributed by atoms with E-state index >= 15 is 0 Å². The monoisotopic (exact) mass is 267 g/mol. The van der Waals surface area contributed by atoms with E-state index in [0.29, 0.717) is 12.5 Å². The van der Waals surface area contributed by atoms with Gasteiger partial charge in [0, 0.05) is 19.7 Å². The number of alkyl halides is 3. The Morgan fingerprint density at radius 3 is 2.41 bits per heavy atom. The molecule has 0 saturated heterocycles. The van der Waals surface area contributed by atoms with Crippen LogP contribution >= 0.6 is 11.6 Å². The molecule has 0 fully saturated rings. The zero-order chi connectivity index (χ0) is 13.2. The standard InChI is InChI=1S/C10H13ClF3N3/c1-6(2)5-17(3)8-4-7(11)15-9(16-8)10(12,13)14/h4,6H,5H2,1-3H3. The van der Waals surface area contributed by atoms with Crippen molar-refractivity contribution >= 4 is 17.4 Å². The first-order chi connectivity index (χ1) is 7.70. The van der Waals surface area contributed by atoms with Gasteiger partial charge < -0.3 is 4.90 Å². The van der Waals surface area contributed by atoms with Crippen molar-refractivity contribution in [3.63, 3.8) is 0 Å². The Labute approximate surface area is 103 Å². The molecular formula is C10H13ClF3N3. The van der Waals surface area contributed by atoms with Crippen LogP contribution in [0.15, 0.2) is 6.07 Å². The lowest BCUT2D eigenvalue weighted by Gasteiger charge is -2.21. The molecule has 1 aromatic rings. The van der Waals surface area contributed by atoms with Gasteiger partial charge in [0.25, 0.3) is 0 Å². The summed E-state index contributed by atoms with van der Waals surface area (Å²) in [5.41, 5.74) is 0. The van der Waals surface area contributed by atoms with E-state index < -0.39 is 12.0 Å². The average Bonchev–Trinajstić information content (AvgIpc) is 2.14. The fourth-order valence-electron chi connectivity index (χ4n) is 1.37. The Bertz CT molecular complexity index is 393. The SMILES string of the molecule is CC(C)CN(C)c1cc(Cl)nc(C(F)(F)F)n1. The Hall–Kier alpha value is -1.04. The molecule has 17 heavy (non-hydrogen) atoms. The molecule has 0 atom stereocenters. The van der Waals surface area contributed by atoms with Crippen molar-refractivity contribution in [2.75, 3.05) is 18.5 Å². The number of nitrogens with zero attached hydrogens (tertiary/aromatic N) is 3. The quantitative estimate of drug-likeness (QED) is 0.787. The Balaban J connectivity index is 3.05. The molecule has 0 radical (unpaired) electrons. The first-order valence-corrected chi connectivity index (χ1v) is 5.41. The van der Waals surface area contributed by atoms with Crippen LogP contribution in [0.25, 0.3) is 0 Å². The lowest BCUT2D eigenvalue weighted by molar-refractivity contribution is -0.144. The predicted molar refractivity (Wildman–Crippen MR) is 60.2 cm³/mol. The number of anilines is 1. The van der Waals surface area contributed by atoms with Crippen molar-refractivity contribution in [1.29, 1.82) is 0 Å². The van der Waals surface area contributed by atoms with E-state index in [-0.39, 0.29) is 11.0 Å². The maximum absolute atomic E-state index is 12.5. The number of halogens is 4. The summed E-state index contributed by atoms with van der Waals surface area (Å²) in [4.78, 5) is 8.25. The van der Waals surface area contributed by atoms with Crippen molar-refractivity contribution in [2.45, 2.75) is 20.0 Å². The van der Waals surface area contributed by atoms with Crippen LogP contribution in [-0.2, 0) is 6.18 Å². The van der Waals surface area contributed by atoms with E-state index in [1.807, 2.05) is 13.8 Å². The first kappa shape index (κ1) is 14.0. The van der Waals surface area contributed by atoms with Gasteiger partial charge >= 0.3 is 6.18 Å². The van der Waals surface area contributed by atoms with Crippen LogP contribution in [0.3, 0.4) is 0 Å². The molecule has 1 heterocycles. The molecule has 0 aliphatic carbocycles. The molecule has 0 spiro atoms. The molecule has 0 saturated carbocycles. The first-order valence-electron chi connectivity index (χ1n) is 5.03. The van der Waals surface area contributed by atoms with Gasteiger partial charge in [0.2, 0.25) is 5.82 Å². The minimum absolute atomic E-state index is 0.172. The summed E-state index contributed by atoms with van der Waals surface area (Å²) in [6.45, 7) is 4.51. The minimum Gasteiger partial charge on any atom is -0.359 e. The van der Waals surface area contributed by atoms with Crippen LogP contribution in [0, 0.1) is 5.92 Å². The van der Waals surface area contributed by atoms with Crippen molar-refractivity contribution in [2.24, 2.45) is 5.92 Å². The van der Waals surface area contributed by atoms with Gasteiger partial charge in [0.15, 0.2) is 0 Å². The van der Waals surface area contributed by atoms with E-state index in [2.05, 4.69) is 9.97 Å². The molecule has 1 rings (SSSR count). The largest absolute Gasteiger partial charge is 0.451 e. The van der Waals surface area contributed by atoms with Gasteiger partial charge in [-0.15, -0.1) is 0 Å². The number of hydrogen-bond donors (Lipinski definition) is 0. The Kier molecular flexibility index (Phi) is 4.19. The molecule has 96 valence electrons. The zero-order valence-electron chi connectivity index (χ0n) is 9.72. The van der Waals surface area contributed by atoms with E-state index in [1.54, 1.807) is 11.9 Å². The van der Waals surface area contributed by atoms with Crippen molar-refractivity contribution in [1.82, 2.24) is 9.97 Å². The lowest BCUT2D eigenvalue weighted by atomic mass is 10.2. The Morgan fingerprint density at radius 2 is 1.94 bits per heavy atom. The molecule has 0 bridgehead atoms. The Morgan fingerprint density at radius 1 is 1.35 bits per heavy atom. The van der Waals surface area contributed by atoms with Gasteiger partial charge in [0.1, 0.15) is 11.0 Å². The second-order valence-corrected chi connectivity index (χ2v) is 4.53. The van der Waals surface area contributed by atoms with Gasteiger partial charge in [-0.1, -0.05) is 25.4 Å². The van der Waals surface area contributed by atoms with Crippen molar-refractivity contribution < 1.29 is 13.2 Å². The molecule has 0 unspecified atom stereocenters. The van der Waals surface area contributed by atoms with E-state index in [9.17, 15) is 13.2 Å². The number of rotatable bonds is 3. The second-order valence-electron chi connectivity index (χ2n) is 4.14. The summed E-state index contributed by atoms with van der Waals surface area (Å²) >= 11 is 5.56. The molecule has 0 aromatic carbocycles. The fourth-order valence-corrected chi connectivity index (χ4v) is 1.55. The third kappa shape index (κ3) is 4.03. The summed E-state index contributed by atoms with van der Waals surface area (Å²) in [6, 6.07) is 1.32. The topological polar surface area (TPSA) is 29.0 Å². The van der Waals surface area contributed by atoms with Crippen LogP contribution in [0.1, 0.15) is 19.7 Å². The fraction of sp³-hybridized carbons (Fsp3) is 0.600. The third-order valence-corrected chi connectivity index (χ3v) is 2.16. The second kappa shape index (κ2) is 5.08. The van der Waals surface area contributed by atoms with Crippen LogP contribution in [0.4, 0.5) is 19.0 Å². The van der Waals surface area contributed by atoms with Crippen LogP contribution in [-0.4, -0.2) is 23.6 Å². The van der Waals surface area contributed by atoms with Crippen molar-refractivity contribution in [3.8, 4) is 0 Å². The van der Waals surface area contributed by atoms with Crippen LogP contribution in [0.5, 0.6) is 0 Å². The van der Waals surface area contributed by atoms with Gasteiger partial charge in [-0.3, -0.25) is 0 Å². The highest BCUT2D eigenvalue weighted by Crippen LogP contribution is 2.29. The average molecular weight is 268 g/mol. The summed E-state index contributed by atoms with van der Waals surface area (Å²) in [6.07, 6.45) is -4.58. The summed E-state index contributed by atoms with van der Waals surface area (Å²) in [5, 5.41) is -0.210. The summed E-state index contributed by atoms with van der Waals surface area (Å²) in [7, 11) is 1.67. The number of aromatic nitrogens is 2. The summed E-state index contributed by atoms with van der Waals surface area (Å²) in [5.74, 6) is -0.732. The molecule has 3 nitrogen and oxygen atoms in total. The highest BCUT2D eigenvalue weighted by molar-refractivity contribution is 6.29. The highest BCUT2D eigenvalue weighted by atomic mass is 35.5. The maximum atomic E-state index is 12.5. The molecule has 0 N–H and O–H groups in total. The molecular weight excluding hydrogens is 255 g/mol. The third-order valence-electron chi connectivity index (χ3n) is 1.97. The molecule has 7 heteroatoms. The van der Waals surface area contributed by atoms with Gasteiger partial charge in [-0.25, -0.2) is 9.97 Å². The van der Waals surface area contributed by atoms with Crippen molar-refractivity contribution in [3.05, 3.63) is 17.0 Å². The van der Waals surface area contributed by atoms with E-state index in [4.69, 9.17) is 11.6 Å². The molecule has 0 aliphatic heterocycles. The highest BCUT2D eigenvalue weighted by Gasteiger charge is 2.35. The van der Waals surface area contributed by atoms with E-state index in [1.165, 1.54) is 6.07 Å². The molecule has 0 aliphatic rings. The van der Waals surface area contributed by atoms with E-state index in [0.717, 1.165) is 0 Å². The lowest BCUT2D eigenvalue weighted by Crippen LogP contribution is -2.25. The van der Waals surface area contributed by atoms with Gasteiger partial charge in [-0.2, -0.15) is 13.2 Å².